The minimum atomic E-state index is -4.40. The lowest BCUT2D eigenvalue weighted by atomic mass is 10.3. The number of rotatable bonds is 7. The first-order valence-electron chi connectivity index (χ1n) is 8.31. The lowest BCUT2D eigenvalue weighted by molar-refractivity contribution is -0.154. The third-order valence-corrected chi connectivity index (χ3v) is 4.18. The second-order valence-corrected chi connectivity index (χ2v) is 6.85. The van der Waals surface area contributed by atoms with Crippen LogP contribution in [0.1, 0.15) is 23.2 Å². The predicted molar refractivity (Wildman–Crippen MR) is 98.9 cm³/mol. The second-order valence-electron chi connectivity index (χ2n) is 5.79. The Morgan fingerprint density at radius 2 is 2.19 bits per heavy atom. The number of hydrogen-bond donors (Lipinski definition) is 1. The molecule has 2 heterocycles. The van der Waals surface area contributed by atoms with Crippen LogP contribution < -0.4 is 10.1 Å². The molecule has 0 aliphatic carbocycles. The molecule has 0 aliphatic heterocycles. The fraction of sp³-hybridized carbons (Fsp3) is 0.471. The van der Waals surface area contributed by atoms with Crippen molar-refractivity contribution < 1.29 is 17.9 Å². The summed E-state index contributed by atoms with van der Waals surface area (Å²) in [5.74, 6) is 0.606. The van der Waals surface area contributed by atoms with Gasteiger partial charge in [-0.1, -0.05) is 0 Å². The van der Waals surface area contributed by atoms with Crippen LogP contribution in [0.5, 0.6) is 5.88 Å². The molecule has 2 aromatic rings. The van der Waals surface area contributed by atoms with Gasteiger partial charge in [0.05, 0.1) is 23.8 Å². The predicted octanol–water partition coefficient (Wildman–Crippen LogP) is 3.39. The molecular weight excluding hydrogens is 379 g/mol. The highest BCUT2D eigenvalue weighted by Crippen LogP contribution is 2.18. The smallest absolute Gasteiger partial charge is 0.422 e. The van der Waals surface area contributed by atoms with Crippen LogP contribution >= 0.6 is 11.3 Å². The number of halogens is 3. The normalized spacial score (nSPS) is 12.1. The van der Waals surface area contributed by atoms with Crippen LogP contribution in [0.2, 0.25) is 0 Å². The number of pyridine rings is 1. The third kappa shape index (κ3) is 7.41. The Hall–Kier alpha value is -2.36. The maximum atomic E-state index is 12.3. The Bertz CT molecular complexity index is 763. The van der Waals surface area contributed by atoms with Crippen LogP contribution in [0, 0.1) is 6.92 Å². The number of alkyl halides is 3. The molecule has 0 saturated carbocycles. The van der Waals surface area contributed by atoms with Gasteiger partial charge in [0.15, 0.2) is 12.6 Å². The monoisotopic (exact) mass is 401 g/mol. The van der Waals surface area contributed by atoms with Crippen molar-refractivity contribution in [1.82, 2.24) is 20.2 Å². The number of thiazole rings is 1. The minimum absolute atomic E-state index is 0.0728. The van der Waals surface area contributed by atoms with Gasteiger partial charge < -0.3 is 15.0 Å². The maximum absolute atomic E-state index is 12.3. The topological polar surface area (TPSA) is 62.6 Å². The number of nitrogens with zero attached hydrogens (tertiary/aromatic N) is 4. The molecule has 0 atom stereocenters. The van der Waals surface area contributed by atoms with E-state index >= 15 is 0 Å². The Labute approximate surface area is 160 Å². The average Bonchev–Trinajstić information content (AvgIpc) is 3.01. The van der Waals surface area contributed by atoms with Gasteiger partial charge in [-0.3, -0.25) is 0 Å². The number of aliphatic imine (C=N–C) groups is 1. The van der Waals surface area contributed by atoms with Crippen LogP contribution in [0.15, 0.2) is 28.7 Å². The fourth-order valence-corrected chi connectivity index (χ4v) is 2.82. The van der Waals surface area contributed by atoms with Crippen LogP contribution in [-0.4, -0.2) is 47.2 Å². The van der Waals surface area contributed by atoms with Gasteiger partial charge in [0, 0.05) is 31.2 Å². The first-order valence-corrected chi connectivity index (χ1v) is 9.19. The summed E-state index contributed by atoms with van der Waals surface area (Å²) in [4.78, 5) is 14.7. The standard InChI is InChI=1S/C17H22F3N5OS/c1-4-21-16(25(3)9-14-10-27-12(2)24-14)23-8-13-5-6-22-15(7-13)26-11-17(18,19)20/h5-7,10H,4,8-9,11H2,1-3H3,(H,21,23). The van der Waals surface area contributed by atoms with Gasteiger partial charge in [-0.2, -0.15) is 13.2 Å². The Balaban J connectivity index is 2.03. The molecule has 0 amide bonds. The van der Waals surface area contributed by atoms with Crippen LogP contribution in [0.3, 0.4) is 0 Å². The van der Waals surface area contributed by atoms with Gasteiger partial charge >= 0.3 is 6.18 Å². The number of hydrogen-bond acceptors (Lipinski definition) is 5. The molecular formula is C17H22F3N5OS. The second kappa shape index (κ2) is 9.54. The summed E-state index contributed by atoms with van der Waals surface area (Å²) >= 11 is 1.59. The first kappa shape index (κ1) is 20.9. The molecule has 0 spiro atoms. The summed E-state index contributed by atoms with van der Waals surface area (Å²) in [6.45, 7) is 4.13. The van der Waals surface area contributed by atoms with Gasteiger partial charge in [-0.15, -0.1) is 11.3 Å². The van der Waals surface area contributed by atoms with Crippen molar-refractivity contribution in [2.75, 3.05) is 20.2 Å². The van der Waals surface area contributed by atoms with Crippen LogP contribution in [0.4, 0.5) is 13.2 Å². The quantitative estimate of drug-likeness (QED) is 0.569. The zero-order valence-corrected chi connectivity index (χ0v) is 16.2. The van der Waals surface area contributed by atoms with Crippen molar-refractivity contribution in [1.29, 1.82) is 0 Å². The van der Waals surface area contributed by atoms with Gasteiger partial charge in [0.1, 0.15) is 0 Å². The summed E-state index contributed by atoms with van der Waals surface area (Å²) in [6, 6.07) is 3.15. The van der Waals surface area contributed by atoms with E-state index < -0.39 is 12.8 Å². The maximum Gasteiger partial charge on any atom is 0.422 e. The van der Waals surface area contributed by atoms with Gasteiger partial charge in [0.25, 0.3) is 0 Å². The Kier molecular flexibility index (Phi) is 7.40. The SMILES string of the molecule is CCNC(=NCc1ccnc(OCC(F)(F)F)c1)N(C)Cc1csc(C)n1. The molecule has 6 nitrogen and oxygen atoms in total. The van der Waals surface area contributed by atoms with Gasteiger partial charge in [0.2, 0.25) is 5.88 Å². The highest BCUT2D eigenvalue weighted by molar-refractivity contribution is 7.09. The average molecular weight is 401 g/mol. The molecule has 27 heavy (non-hydrogen) atoms. The summed E-state index contributed by atoms with van der Waals surface area (Å²) in [6.07, 6.45) is -2.99. The van der Waals surface area contributed by atoms with Gasteiger partial charge in [-0.05, 0) is 25.5 Å². The zero-order chi connectivity index (χ0) is 19.9. The largest absolute Gasteiger partial charge is 0.468 e. The lowest BCUT2D eigenvalue weighted by Crippen LogP contribution is -2.38. The van der Waals surface area contributed by atoms with E-state index in [9.17, 15) is 13.2 Å². The van der Waals surface area contributed by atoms with E-state index in [0.29, 0.717) is 24.6 Å². The molecule has 0 aliphatic rings. The highest BCUT2D eigenvalue weighted by atomic mass is 32.1. The van der Waals surface area contributed by atoms with E-state index in [-0.39, 0.29) is 12.4 Å². The lowest BCUT2D eigenvalue weighted by Gasteiger charge is -2.21. The van der Waals surface area contributed by atoms with Crippen molar-refractivity contribution in [3.05, 3.63) is 40.0 Å². The Morgan fingerprint density at radius 3 is 2.81 bits per heavy atom. The van der Waals surface area contributed by atoms with E-state index in [1.165, 1.54) is 12.3 Å². The zero-order valence-electron chi connectivity index (χ0n) is 15.4. The highest BCUT2D eigenvalue weighted by Gasteiger charge is 2.28. The molecule has 2 aromatic heterocycles. The van der Waals surface area contributed by atoms with Crippen molar-refractivity contribution in [3.8, 4) is 5.88 Å². The molecule has 10 heteroatoms. The van der Waals surface area contributed by atoms with E-state index in [1.54, 1.807) is 17.4 Å². The number of ether oxygens (including phenoxy) is 1. The number of nitrogens with one attached hydrogen (secondary N) is 1. The van der Waals surface area contributed by atoms with E-state index in [2.05, 4.69) is 25.0 Å². The molecule has 0 fully saturated rings. The number of aromatic nitrogens is 2. The van der Waals surface area contributed by atoms with Crippen molar-refractivity contribution in [2.24, 2.45) is 4.99 Å². The van der Waals surface area contributed by atoms with Crippen molar-refractivity contribution in [2.45, 2.75) is 33.1 Å². The third-order valence-electron chi connectivity index (χ3n) is 3.36. The molecule has 0 radical (unpaired) electrons. The molecule has 0 bridgehead atoms. The molecule has 0 unspecified atom stereocenters. The molecule has 148 valence electrons. The minimum Gasteiger partial charge on any atom is -0.468 e. The van der Waals surface area contributed by atoms with Crippen molar-refractivity contribution >= 4 is 17.3 Å². The van der Waals surface area contributed by atoms with Crippen LogP contribution in [0.25, 0.3) is 0 Å². The van der Waals surface area contributed by atoms with Crippen LogP contribution in [-0.2, 0) is 13.1 Å². The van der Waals surface area contributed by atoms with Crippen molar-refractivity contribution in [3.63, 3.8) is 0 Å². The summed E-state index contributed by atoms with van der Waals surface area (Å²) in [5, 5.41) is 6.20. The summed E-state index contributed by atoms with van der Waals surface area (Å²) < 4.78 is 41.4. The first-order chi connectivity index (χ1) is 12.8. The Morgan fingerprint density at radius 1 is 1.41 bits per heavy atom. The van der Waals surface area contributed by atoms with E-state index in [4.69, 9.17) is 0 Å². The molecule has 2 rings (SSSR count). The fourth-order valence-electron chi connectivity index (χ4n) is 2.22. The number of guanidine groups is 1. The molecule has 1 N–H and O–H groups in total. The summed E-state index contributed by atoms with van der Waals surface area (Å²) in [5.41, 5.74) is 1.66. The molecule has 0 aromatic carbocycles. The number of aryl methyl sites for hydroxylation is 1. The van der Waals surface area contributed by atoms with Gasteiger partial charge in [-0.25, -0.2) is 15.0 Å². The van der Waals surface area contributed by atoms with E-state index in [1.807, 2.05) is 31.2 Å². The van der Waals surface area contributed by atoms with E-state index in [0.717, 1.165) is 10.7 Å². The summed E-state index contributed by atoms with van der Waals surface area (Å²) in [7, 11) is 1.90. The molecule has 0 saturated heterocycles.